The van der Waals surface area contributed by atoms with Crippen LogP contribution < -0.4 is 4.90 Å². The van der Waals surface area contributed by atoms with Crippen molar-refractivity contribution in [1.82, 2.24) is 0 Å². The third-order valence-electron chi connectivity index (χ3n) is 4.42. The van der Waals surface area contributed by atoms with E-state index in [1.54, 1.807) is 32.9 Å². The van der Waals surface area contributed by atoms with Gasteiger partial charge in [0.1, 0.15) is 11.4 Å². The molecular weight excluding hydrogens is 431 g/mol. The minimum absolute atomic E-state index is 0.0463. The fraction of sp³-hybridized carbons (Fsp3) is 0.350. The molecule has 0 aromatic heterocycles. The summed E-state index contributed by atoms with van der Waals surface area (Å²) in [5, 5.41) is 11.2. The summed E-state index contributed by atoms with van der Waals surface area (Å²) in [4.78, 5) is 25.3. The quantitative estimate of drug-likeness (QED) is 0.420. The number of fused-ring (bicyclic) bond motifs is 1. The van der Waals surface area contributed by atoms with E-state index < -0.39 is 16.6 Å². The number of benzene rings is 2. The number of non-ortho nitro benzene ring substituents is 1. The van der Waals surface area contributed by atoms with Gasteiger partial charge in [-0.3, -0.25) is 15.0 Å². The van der Waals surface area contributed by atoms with Gasteiger partial charge in [0.05, 0.1) is 16.7 Å². The van der Waals surface area contributed by atoms with E-state index in [9.17, 15) is 19.3 Å². The zero-order valence-corrected chi connectivity index (χ0v) is 17.3. The van der Waals surface area contributed by atoms with Gasteiger partial charge in [-0.05, 0) is 72.8 Å². The number of aryl methyl sites for hydroxylation is 1. The number of hydrogen-bond donors (Lipinski definition) is 0. The monoisotopic (exact) mass is 450 g/mol. The summed E-state index contributed by atoms with van der Waals surface area (Å²) in [5.41, 5.74) is 1.24. The number of halogens is 2. The Bertz CT molecular complexity index is 925. The maximum absolute atomic E-state index is 13.4. The van der Waals surface area contributed by atoms with Crippen LogP contribution in [0.1, 0.15) is 44.4 Å². The van der Waals surface area contributed by atoms with Crippen LogP contribution >= 0.6 is 15.9 Å². The Morgan fingerprint density at radius 2 is 1.93 bits per heavy atom. The van der Waals surface area contributed by atoms with E-state index in [-0.39, 0.29) is 17.5 Å². The van der Waals surface area contributed by atoms with Gasteiger partial charge in [0.25, 0.3) is 5.69 Å². The average Bonchev–Trinajstić information content (AvgIpc) is 2.59. The number of nitro benzene ring substituents is 1. The molecule has 2 aromatic carbocycles. The van der Waals surface area contributed by atoms with Gasteiger partial charge >= 0.3 is 6.09 Å². The van der Waals surface area contributed by atoms with Crippen molar-refractivity contribution in [3.63, 3.8) is 0 Å². The van der Waals surface area contributed by atoms with Gasteiger partial charge < -0.3 is 4.74 Å². The molecule has 148 valence electrons. The molecular formula is C20H20BrFN2O4. The Morgan fingerprint density at radius 3 is 2.50 bits per heavy atom. The van der Waals surface area contributed by atoms with Crippen molar-refractivity contribution >= 4 is 33.4 Å². The summed E-state index contributed by atoms with van der Waals surface area (Å²) in [6, 6.07) is 8.47. The Balaban J connectivity index is 2.12. The minimum Gasteiger partial charge on any atom is -0.443 e. The third-order valence-corrected chi connectivity index (χ3v) is 5.03. The number of rotatable bonds is 2. The van der Waals surface area contributed by atoms with Crippen molar-refractivity contribution < 1.29 is 18.8 Å². The van der Waals surface area contributed by atoms with Crippen molar-refractivity contribution in [2.24, 2.45) is 0 Å². The van der Waals surface area contributed by atoms with Crippen molar-refractivity contribution in [3.8, 4) is 0 Å². The molecule has 0 saturated heterocycles. The van der Waals surface area contributed by atoms with Gasteiger partial charge in [-0.15, -0.1) is 0 Å². The number of amides is 1. The Kier molecular flexibility index (Phi) is 5.43. The summed E-state index contributed by atoms with van der Waals surface area (Å²) in [6.45, 7) is 5.31. The molecule has 8 heteroatoms. The zero-order valence-electron chi connectivity index (χ0n) is 15.7. The van der Waals surface area contributed by atoms with Gasteiger partial charge in [-0.1, -0.05) is 12.1 Å². The summed E-state index contributed by atoms with van der Waals surface area (Å²) in [7, 11) is 0. The maximum atomic E-state index is 13.4. The molecule has 1 aliphatic rings. The smallest absolute Gasteiger partial charge is 0.415 e. The molecule has 0 aliphatic carbocycles. The predicted molar refractivity (Wildman–Crippen MR) is 107 cm³/mol. The molecule has 1 amide bonds. The molecule has 1 aliphatic heterocycles. The first kappa shape index (κ1) is 20.3. The SMILES string of the molecule is CC(C)(C)OC(=O)N1c2c(Br)cc([N+](=O)[O-])cc2CCC1c1ccc(F)cc1. The summed E-state index contributed by atoms with van der Waals surface area (Å²) >= 11 is 3.39. The molecule has 0 spiro atoms. The van der Waals surface area contributed by atoms with Crippen molar-refractivity contribution in [2.45, 2.75) is 45.3 Å². The number of carbonyl (C=O) groups is 1. The van der Waals surface area contributed by atoms with E-state index >= 15 is 0 Å². The molecule has 2 aromatic rings. The van der Waals surface area contributed by atoms with E-state index in [0.717, 1.165) is 5.56 Å². The predicted octanol–water partition coefficient (Wildman–Crippen LogP) is 5.93. The molecule has 1 atom stereocenters. The van der Waals surface area contributed by atoms with Crippen LogP contribution in [0.2, 0.25) is 0 Å². The number of carbonyl (C=O) groups excluding carboxylic acids is 1. The van der Waals surface area contributed by atoms with Crippen LogP contribution in [0.3, 0.4) is 0 Å². The standard InChI is InChI=1S/C20H20BrFN2O4/c1-20(2,3)28-19(25)23-17(12-4-7-14(22)8-5-12)9-6-13-10-15(24(26)27)11-16(21)18(13)23/h4-5,7-8,10-11,17H,6,9H2,1-3H3. The largest absolute Gasteiger partial charge is 0.443 e. The summed E-state index contributed by atoms with van der Waals surface area (Å²) in [5.74, 6) is -0.361. The second-order valence-corrected chi connectivity index (χ2v) is 8.50. The van der Waals surface area contributed by atoms with Gasteiger partial charge in [-0.2, -0.15) is 0 Å². The van der Waals surface area contributed by atoms with Crippen LogP contribution in [0.5, 0.6) is 0 Å². The highest BCUT2D eigenvalue weighted by Gasteiger charge is 2.37. The number of ether oxygens (including phenoxy) is 1. The second kappa shape index (κ2) is 7.50. The molecule has 6 nitrogen and oxygen atoms in total. The van der Waals surface area contributed by atoms with Crippen molar-refractivity contribution in [1.29, 1.82) is 0 Å². The third kappa shape index (κ3) is 4.16. The van der Waals surface area contributed by atoms with Gasteiger partial charge in [0.2, 0.25) is 0 Å². The van der Waals surface area contributed by atoms with E-state index in [1.807, 2.05) is 0 Å². The van der Waals surface area contributed by atoms with Gasteiger partial charge in [-0.25, -0.2) is 9.18 Å². The fourth-order valence-electron chi connectivity index (χ4n) is 3.31. The highest BCUT2D eigenvalue weighted by molar-refractivity contribution is 9.10. The van der Waals surface area contributed by atoms with Crippen LogP contribution in [0.25, 0.3) is 0 Å². The zero-order chi connectivity index (χ0) is 20.6. The lowest BCUT2D eigenvalue weighted by Gasteiger charge is -2.38. The molecule has 0 saturated carbocycles. The van der Waals surface area contributed by atoms with Crippen LogP contribution in [0.15, 0.2) is 40.9 Å². The highest BCUT2D eigenvalue weighted by atomic mass is 79.9. The van der Waals surface area contributed by atoms with E-state index in [1.165, 1.54) is 29.2 Å². The first-order valence-electron chi connectivity index (χ1n) is 8.81. The number of nitro groups is 1. The summed E-state index contributed by atoms with van der Waals surface area (Å²) in [6.07, 6.45) is 0.514. The first-order chi connectivity index (χ1) is 13.1. The number of nitrogens with zero attached hydrogens (tertiary/aromatic N) is 2. The lowest BCUT2D eigenvalue weighted by Crippen LogP contribution is -2.42. The molecule has 0 radical (unpaired) electrons. The van der Waals surface area contributed by atoms with E-state index in [0.29, 0.717) is 28.6 Å². The summed E-state index contributed by atoms with van der Waals surface area (Å²) < 4.78 is 19.4. The van der Waals surface area contributed by atoms with Crippen molar-refractivity contribution in [3.05, 3.63) is 67.9 Å². The fourth-order valence-corrected chi connectivity index (χ4v) is 3.99. The normalized spacial score (nSPS) is 16.5. The average molecular weight is 451 g/mol. The Hall–Kier alpha value is -2.48. The number of hydrogen-bond acceptors (Lipinski definition) is 4. The van der Waals surface area contributed by atoms with Crippen molar-refractivity contribution in [2.75, 3.05) is 4.90 Å². The Labute approximate surface area is 170 Å². The van der Waals surface area contributed by atoms with Gasteiger partial charge in [0, 0.05) is 16.6 Å². The molecule has 1 heterocycles. The van der Waals surface area contributed by atoms with Crippen LogP contribution in [0, 0.1) is 15.9 Å². The van der Waals surface area contributed by atoms with Gasteiger partial charge in [0.15, 0.2) is 0 Å². The first-order valence-corrected chi connectivity index (χ1v) is 9.60. The van der Waals surface area contributed by atoms with Crippen LogP contribution in [0.4, 0.5) is 20.6 Å². The molecule has 28 heavy (non-hydrogen) atoms. The molecule has 1 unspecified atom stereocenters. The lowest BCUT2D eigenvalue weighted by atomic mass is 9.91. The number of anilines is 1. The topological polar surface area (TPSA) is 72.7 Å². The van der Waals surface area contributed by atoms with Crippen LogP contribution in [-0.4, -0.2) is 16.6 Å². The molecule has 3 rings (SSSR count). The second-order valence-electron chi connectivity index (χ2n) is 7.65. The van der Waals surface area contributed by atoms with E-state index in [4.69, 9.17) is 4.74 Å². The highest BCUT2D eigenvalue weighted by Crippen LogP contribution is 2.45. The lowest BCUT2D eigenvalue weighted by molar-refractivity contribution is -0.385. The van der Waals surface area contributed by atoms with E-state index in [2.05, 4.69) is 15.9 Å². The minimum atomic E-state index is -0.713. The maximum Gasteiger partial charge on any atom is 0.415 e. The molecule has 0 N–H and O–H groups in total. The van der Waals surface area contributed by atoms with Crippen LogP contribution in [-0.2, 0) is 11.2 Å². The molecule has 0 bridgehead atoms. The molecule has 0 fully saturated rings. The Morgan fingerprint density at radius 1 is 1.29 bits per heavy atom.